The molecule has 12 heteroatoms. The second-order valence-corrected chi connectivity index (χ2v) is 7.81. The Hall–Kier alpha value is -5.65. The summed E-state index contributed by atoms with van der Waals surface area (Å²) >= 11 is 0. The van der Waals surface area contributed by atoms with Crippen LogP contribution >= 0.6 is 0 Å². The molecular weight excluding hydrogens is 504 g/mol. The van der Waals surface area contributed by atoms with Crippen LogP contribution in [0.3, 0.4) is 0 Å². The molecule has 3 N–H and O–H groups in total. The number of esters is 1. The van der Waals surface area contributed by atoms with Crippen molar-refractivity contribution in [2.75, 3.05) is 23.1 Å². The first-order valence-electron chi connectivity index (χ1n) is 11.5. The SMILES string of the molecule is COC(=O)c1cccc(NC(=O)c2cccc(NC(=O)c3cccc(NC(=O)OCc4ccccc4)n3)n2)n1. The van der Waals surface area contributed by atoms with Crippen LogP contribution in [0.1, 0.15) is 37.0 Å². The van der Waals surface area contributed by atoms with Gasteiger partial charge in [0.2, 0.25) is 0 Å². The summed E-state index contributed by atoms with van der Waals surface area (Å²) in [5, 5.41) is 7.58. The maximum Gasteiger partial charge on any atom is 0.413 e. The van der Waals surface area contributed by atoms with Gasteiger partial charge in [-0.15, -0.1) is 0 Å². The van der Waals surface area contributed by atoms with Gasteiger partial charge in [-0.25, -0.2) is 24.5 Å². The van der Waals surface area contributed by atoms with E-state index in [0.29, 0.717) is 0 Å². The van der Waals surface area contributed by atoms with Gasteiger partial charge in [0.15, 0.2) is 5.69 Å². The second kappa shape index (κ2) is 12.5. The zero-order chi connectivity index (χ0) is 27.6. The fraction of sp³-hybridized carbons (Fsp3) is 0.0741. The van der Waals surface area contributed by atoms with E-state index in [0.717, 1.165) is 5.56 Å². The van der Waals surface area contributed by atoms with Crippen LogP contribution in [-0.4, -0.2) is 45.9 Å². The first kappa shape index (κ1) is 26.4. The van der Waals surface area contributed by atoms with Gasteiger partial charge in [0, 0.05) is 0 Å². The van der Waals surface area contributed by atoms with Crippen LogP contribution in [-0.2, 0) is 16.1 Å². The number of hydrogen-bond acceptors (Lipinski definition) is 9. The van der Waals surface area contributed by atoms with Crippen LogP contribution in [0, 0.1) is 0 Å². The minimum Gasteiger partial charge on any atom is -0.464 e. The van der Waals surface area contributed by atoms with Crippen LogP contribution in [0.5, 0.6) is 0 Å². The zero-order valence-electron chi connectivity index (χ0n) is 20.6. The standard InChI is InChI=1S/C27H22N6O6/c1-38-26(36)20-12-7-14-22(30-20)32-24(34)18-10-5-13-21(28-18)31-25(35)19-11-6-15-23(29-19)33-27(37)39-16-17-8-3-2-4-9-17/h2-15H,16H2,1H3,(H,28,31,35)(H,29,33,37)(H,30,32,34). The third-order valence-electron chi connectivity index (χ3n) is 5.03. The molecular formula is C27H22N6O6. The topological polar surface area (TPSA) is 162 Å². The smallest absolute Gasteiger partial charge is 0.413 e. The summed E-state index contributed by atoms with van der Waals surface area (Å²) in [5.41, 5.74) is 0.833. The molecule has 0 aliphatic heterocycles. The predicted octanol–water partition coefficient (Wildman–Crippen LogP) is 3.91. The van der Waals surface area contributed by atoms with Gasteiger partial charge in [-0.2, -0.15) is 0 Å². The molecule has 3 aromatic heterocycles. The summed E-state index contributed by atoms with van der Waals surface area (Å²) in [5.74, 6) is -1.55. The molecule has 4 aromatic rings. The van der Waals surface area contributed by atoms with Gasteiger partial charge >= 0.3 is 12.1 Å². The second-order valence-electron chi connectivity index (χ2n) is 7.81. The molecule has 0 unspecified atom stereocenters. The maximum absolute atomic E-state index is 12.8. The van der Waals surface area contributed by atoms with Crippen molar-refractivity contribution in [2.24, 2.45) is 0 Å². The summed E-state index contributed by atoms with van der Waals surface area (Å²) in [6.45, 7) is 0.0786. The monoisotopic (exact) mass is 526 g/mol. The van der Waals surface area contributed by atoms with Gasteiger partial charge in [-0.05, 0) is 42.0 Å². The molecule has 39 heavy (non-hydrogen) atoms. The van der Waals surface area contributed by atoms with Crippen molar-refractivity contribution < 1.29 is 28.7 Å². The zero-order valence-corrected chi connectivity index (χ0v) is 20.6. The molecule has 4 rings (SSSR count). The van der Waals surface area contributed by atoms with Crippen LogP contribution < -0.4 is 16.0 Å². The number of methoxy groups -OCH3 is 1. The number of hydrogen-bond donors (Lipinski definition) is 3. The van der Waals surface area contributed by atoms with Crippen LogP contribution in [0.2, 0.25) is 0 Å². The van der Waals surface area contributed by atoms with Crippen molar-refractivity contribution in [1.29, 1.82) is 0 Å². The maximum atomic E-state index is 12.8. The number of nitrogens with zero attached hydrogens (tertiary/aromatic N) is 3. The van der Waals surface area contributed by atoms with Crippen molar-refractivity contribution >= 4 is 41.3 Å². The lowest BCUT2D eigenvalue weighted by atomic mass is 10.2. The Bertz CT molecular complexity index is 1510. The molecule has 0 spiro atoms. The quantitative estimate of drug-likeness (QED) is 0.289. The average molecular weight is 527 g/mol. The van der Waals surface area contributed by atoms with Crippen molar-refractivity contribution in [2.45, 2.75) is 6.61 Å². The Kier molecular flexibility index (Phi) is 8.49. The number of nitrogens with one attached hydrogen (secondary N) is 3. The molecule has 0 atom stereocenters. The van der Waals surface area contributed by atoms with Gasteiger partial charge in [0.1, 0.15) is 35.4 Å². The third kappa shape index (κ3) is 7.43. The number of rotatable bonds is 8. The summed E-state index contributed by atoms with van der Waals surface area (Å²) < 4.78 is 9.79. The molecule has 196 valence electrons. The molecule has 0 aliphatic rings. The largest absolute Gasteiger partial charge is 0.464 e. The van der Waals surface area contributed by atoms with Crippen molar-refractivity contribution in [3.63, 3.8) is 0 Å². The highest BCUT2D eigenvalue weighted by atomic mass is 16.5. The Morgan fingerprint density at radius 1 is 0.615 bits per heavy atom. The van der Waals surface area contributed by atoms with E-state index in [4.69, 9.17) is 4.74 Å². The van der Waals surface area contributed by atoms with Crippen molar-refractivity contribution in [3.8, 4) is 0 Å². The normalized spacial score (nSPS) is 10.2. The molecule has 0 bridgehead atoms. The highest BCUT2D eigenvalue weighted by Gasteiger charge is 2.15. The molecule has 3 heterocycles. The summed E-state index contributed by atoms with van der Waals surface area (Å²) in [6, 6.07) is 22.6. The average Bonchev–Trinajstić information content (AvgIpc) is 2.96. The number of anilines is 3. The molecule has 0 fully saturated rings. The first-order valence-corrected chi connectivity index (χ1v) is 11.5. The van der Waals surface area contributed by atoms with E-state index >= 15 is 0 Å². The van der Waals surface area contributed by atoms with Gasteiger partial charge in [0.05, 0.1) is 7.11 Å². The van der Waals surface area contributed by atoms with Crippen LogP contribution in [0.15, 0.2) is 84.9 Å². The Labute approximate surface area is 222 Å². The molecule has 0 saturated heterocycles. The Morgan fingerprint density at radius 2 is 1.10 bits per heavy atom. The number of aromatic nitrogens is 3. The molecule has 12 nitrogen and oxygen atoms in total. The highest BCUT2D eigenvalue weighted by molar-refractivity contribution is 6.05. The Morgan fingerprint density at radius 3 is 1.64 bits per heavy atom. The number of pyridine rings is 3. The fourth-order valence-corrected chi connectivity index (χ4v) is 3.21. The number of benzene rings is 1. The molecule has 0 radical (unpaired) electrons. The van der Waals surface area contributed by atoms with Crippen LogP contribution in [0.4, 0.5) is 22.2 Å². The minimum atomic E-state index is -0.726. The summed E-state index contributed by atoms with van der Waals surface area (Å²) in [7, 11) is 1.22. The van der Waals surface area contributed by atoms with Gasteiger partial charge < -0.3 is 20.1 Å². The van der Waals surface area contributed by atoms with E-state index in [2.05, 4.69) is 35.6 Å². The Balaban J connectivity index is 1.36. The van der Waals surface area contributed by atoms with Crippen LogP contribution in [0.25, 0.3) is 0 Å². The van der Waals surface area contributed by atoms with E-state index in [-0.39, 0.29) is 41.1 Å². The van der Waals surface area contributed by atoms with E-state index in [1.54, 1.807) is 6.07 Å². The number of carbonyl (C=O) groups is 4. The number of amides is 3. The minimum absolute atomic E-state index is 0.00339. The van der Waals surface area contributed by atoms with Gasteiger partial charge in [0.25, 0.3) is 11.8 Å². The van der Waals surface area contributed by atoms with E-state index in [9.17, 15) is 19.2 Å². The van der Waals surface area contributed by atoms with Gasteiger partial charge in [-0.3, -0.25) is 14.9 Å². The van der Waals surface area contributed by atoms with Crippen molar-refractivity contribution in [3.05, 3.63) is 108 Å². The number of ether oxygens (including phenoxy) is 2. The summed E-state index contributed by atoms with van der Waals surface area (Å²) in [4.78, 5) is 61.5. The van der Waals surface area contributed by atoms with E-state index < -0.39 is 23.9 Å². The molecule has 0 aliphatic carbocycles. The highest BCUT2D eigenvalue weighted by Crippen LogP contribution is 2.12. The lowest BCUT2D eigenvalue weighted by Crippen LogP contribution is -2.19. The van der Waals surface area contributed by atoms with E-state index in [1.807, 2.05) is 30.3 Å². The predicted molar refractivity (Wildman–Crippen MR) is 140 cm³/mol. The lowest BCUT2D eigenvalue weighted by Gasteiger charge is -2.09. The third-order valence-corrected chi connectivity index (χ3v) is 5.03. The number of carbonyl (C=O) groups excluding carboxylic acids is 4. The van der Waals surface area contributed by atoms with Gasteiger partial charge in [-0.1, -0.05) is 48.5 Å². The van der Waals surface area contributed by atoms with E-state index in [1.165, 1.54) is 55.6 Å². The van der Waals surface area contributed by atoms with Crippen molar-refractivity contribution in [1.82, 2.24) is 15.0 Å². The first-order chi connectivity index (χ1) is 18.9. The fourth-order valence-electron chi connectivity index (χ4n) is 3.21. The summed E-state index contributed by atoms with van der Waals surface area (Å²) in [6.07, 6.45) is -0.726. The molecule has 3 amide bonds. The molecule has 1 aromatic carbocycles. The lowest BCUT2D eigenvalue weighted by molar-refractivity contribution is 0.0593. The molecule has 0 saturated carbocycles.